The maximum absolute atomic E-state index is 12.1. The lowest BCUT2D eigenvalue weighted by Gasteiger charge is -2.12. The molecule has 0 bridgehead atoms. The smallest absolute Gasteiger partial charge is 0.270 e. The van der Waals surface area contributed by atoms with Gasteiger partial charge in [-0.2, -0.15) is 11.3 Å². The second kappa shape index (κ2) is 6.86. The Morgan fingerprint density at radius 3 is 3.00 bits per heavy atom. The summed E-state index contributed by atoms with van der Waals surface area (Å²) in [5.41, 5.74) is 3.72. The van der Waals surface area contributed by atoms with Crippen LogP contribution in [0.2, 0.25) is 5.02 Å². The number of nitrogens with zero attached hydrogens (tertiary/aromatic N) is 1. The number of rotatable bonds is 4. The highest BCUT2D eigenvalue weighted by molar-refractivity contribution is 7.08. The van der Waals surface area contributed by atoms with Gasteiger partial charge in [-0.25, -0.2) is 0 Å². The van der Waals surface area contributed by atoms with Crippen molar-refractivity contribution >= 4 is 28.8 Å². The van der Waals surface area contributed by atoms with E-state index in [0.29, 0.717) is 17.3 Å². The molecule has 126 valence electrons. The number of fused-ring (bicyclic) bond motifs is 1. The molecule has 4 rings (SSSR count). The lowest BCUT2D eigenvalue weighted by atomic mass is 10.0. The summed E-state index contributed by atoms with van der Waals surface area (Å²) in [5.74, 6) is 0.517. The minimum absolute atomic E-state index is 0.127. The van der Waals surface area contributed by atoms with Gasteiger partial charge in [0.1, 0.15) is 17.5 Å². The van der Waals surface area contributed by atoms with Crippen LogP contribution in [-0.4, -0.2) is 23.5 Å². The number of carbonyl (C=O) groups is 1. The van der Waals surface area contributed by atoms with Crippen molar-refractivity contribution in [3.05, 3.63) is 69.6 Å². The van der Waals surface area contributed by atoms with E-state index in [4.69, 9.17) is 16.3 Å². The molecule has 25 heavy (non-hydrogen) atoms. The van der Waals surface area contributed by atoms with Crippen molar-refractivity contribution in [3.8, 4) is 16.9 Å². The Bertz CT molecular complexity index is 897. The molecule has 0 saturated heterocycles. The summed E-state index contributed by atoms with van der Waals surface area (Å²) in [7, 11) is 0. The molecule has 6 heteroatoms. The van der Waals surface area contributed by atoms with E-state index < -0.39 is 0 Å². The van der Waals surface area contributed by atoms with E-state index in [0.717, 1.165) is 28.9 Å². The summed E-state index contributed by atoms with van der Waals surface area (Å²) in [6.45, 7) is 0.411. The van der Waals surface area contributed by atoms with Gasteiger partial charge < -0.3 is 10.1 Å². The number of ether oxygens (including phenoxy) is 1. The monoisotopic (exact) mass is 370 g/mol. The van der Waals surface area contributed by atoms with Crippen molar-refractivity contribution in [3.63, 3.8) is 0 Å². The number of nitrogens with one attached hydrogen (secondary N) is 1. The maximum Gasteiger partial charge on any atom is 0.270 e. The lowest BCUT2D eigenvalue weighted by molar-refractivity contribution is 0.0928. The van der Waals surface area contributed by atoms with Gasteiger partial charge >= 0.3 is 0 Å². The van der Waals surface area contributed by atoms with Crippen LogP contribution in [0.4, 0.5) is 0 Å². The number of hydrogen-bond acceptors (Lipinski definition) is 4. The first-order valence-corrected chi connectivity index (χ1v) is 9.23. The normalized spacial score (nSPS) is 15.5. The first-order valence-electron chi connectivity index (χ1n) is 7.91. The lowest BCUT2D eigenvalue weighted by Crippen LogP contribution is -2.34. The van der Waals surface area contributed by atoms with Crippen molar-refractivity contribution < 1.29 is 9.53 Å². The van der Waals surface area contributed by atoms with Crippen LogP contribution in [0.25, 0.3) is 11.1 Å². The SMILES string of the molecule is O=C(NCC1Cc2cc(-c3ccsc3)cc(Cl)c2O1)c1ccccn1. The molecule has 1 aromatic carbocycles. The van der Waals surface area contributed by atoms with Gasteiger partial charge in [0.2, 0.25) is 0 Å². The quantitative estimate of drug-likeness (QED) is 0.748. The third kappa shape index (κ3) is 3.38. The number of amides is 1. The molecule has 1 unspecified atom stereocenters. The first kappa shape index (κ1) is 16.1. The van der Waals surface area contributed by atoms with Gasteiger partial charge in [-0.1, -0.05) is 17.7 Å². The fraction of sp³-hybridized carbons (Fsp3) is 0.158. The first-order chi connectivity index (χ1) is 12.2. The number of carbonyl (C=O) groups excluding carboxylic acids is 1. The number of aromatic nitrogens is 1. The van der Waals surface area contributed by atoms with Crippen molar-refractivity contribution in [2.24, 2.45) is 0 Å². The van der Waals surface area contributed by atoms with Crippen molar-refractivity contribution in [1.29, 1.82) is 0 Å². The Hall–Kier alpha value is -2.37. The van der Waals surface area contributed by atoms with Gasteiger partial charge in [-0.15, -0.1) is 0 Å². The van der Waals surface area contributed by atoms with Crippen LogP contribution in [-0.2, 0) is 6.42 Å². The third-order valence-corrected chi connectivity index (χ3v) is 5.06. The van der Waals surface area contributed by atoms with E-state index in [2.05, 4.69) is 27.8 Å². The molecule has 0 saturated carbocycles. The summed E-state index contributed by atoms with van der Waals surface area (Å²) in [6, 6.07) is 11.4. The molecule has 0 aliphatic carbocycles. The Labute approximate surface area is 154 Å². The molecule has 0 radical (unpaired) electrons. The van der Waals surface area contributed by atoms with Crippen LogP contribution in [0, 0.1) is 0 Å². The average molecular weight is 371 g/mol. The van der Waals surface area contributed by atoms with Crippen molar-refractivity contribution in [2.75, 3.05) is 6.54 Å². The van der Waals surface area contributed by atoms with E-state index in [1.807, 2.05) is 11.4 Å². The summed E-state index contributed by atoms with van der Waals surface area (Å²) in [6.07, 6.45) is 2.19. The van der Waals surface area contributed by atoms with E-state index in [1.165, 1.54) is 0 Å². The van der Waals surface area contributed by atoms with Crippen LogP contribution >= 0.6 is 22.9 Å². The van der Waals surface area contributed by atoms with Gasteiger partial charge in [0, 0.05) is 18.2 Å². The number of hydrogen-bond donors (Lipinski definition) is 1. The summed E-state index contributed by atoms with van der Waals surface area (Å²) in [5, 5.41) is 7.62. The van der Waals surface area contributed by atoms with Crippen molar-refractivity contribution in [2.45, 2.75) is 12.5 Å². The standard InChI is InChI=1S/C19H15ClN2O2S/c20-16-9-13(12-4-6-25-11-12)7-14-8-15(24-18(14)16)10-22-19(23)17-3-1-2-5-21-17/h1-7,9,11,15H,8,10H2,(H,22,23). The zero-order valence-corrected chi connectivity index (χ0v) is 14.8. The Balaban J connectivity index is 1.44. The van der Waals surface area contributed by atoms with Crippen LogP contribution in [0.5, 0.6) is 5.75 Å². The molecule has 3 heterocycles. The topological polar surface area (TPSA) is 51.2 Å². The predicted molar refractivity (Wildman–Crippen MR) is 99.5 cm³/mol. The fourth-order valence-electron chi connectivity index (χ4n) is 2.89. The van der Waals surface area contributed by atoms with Gasteiger partial charge in [0.25, 0.3) is 5.91 Å². The molecule has 1 atom stereocenters. The third-order valence-electron chi connectivity index (χ3n) is 4.09. The second-order valence-corrected chi connectivity index (χ2v) is 7.01. The molecular weight excluding hydrogens is 356 g/mol. The summed E-state index contributed by atoms with van der Waals surface area (Å²) >= 11 is 8.05. The van der Waals surface area contributed by atoms with E-state index in [-0.39, 0.29) is 12.0 Å². The molecule has 1 aliphatic heterocycles. The summed E-state index contributed by atoms with van der Waals surface area (Å²) in [4.78, 5) is 16.1. The Morgan fingerprint density at radius 2 is 2.24 bits per heavy atom. The van der Waals surface area contributed by atoms with E-state index in [1.54, 1.807) is 35.7 Å². The highest BCUT2D eigenvalue weighted by atomic mass is 35.5. The zero-order valence-electron chi connectivity index (χ0n) is 13.2. The van der Waals surface area contributed by atoms with Crippen LogP contribution in [0.15, 0.2) is 53.4 Å². The van der Waals surface area contributed by atoms with Crippen molar-refractivity contribution in [1.82, 2.24) is 10.3 Å². The van der Waals surface area contributed by atoms with Gasteiger partial charge in [0.05, 0.1) is 11.6 Å². The molecule has 4 nitrogen and oxygen atoms in total. The minimum atomic E-state index is -0.204. The van der Waals surface area contributed by atoms with Gasteiger partial charge in [0.15, 0.2) is 0 Å². The highest BCUT2D eigenvalue weighted by Gasteiger charge is 2.26. The molecular formula is C19H15ClN2O2S. The minimum Gasteiger partial charge on any atom is -0.486 e. The Morgan fingerprint density at radius 1 is 1.32 bits per heavy atom. The zero-order chi connectivity index (χ0) is 17.2. The molecule has 0 spiro atoms. The molecule has 3 aromatic rings. The Kier molecular flexibility index (Phi) is 4.42. The molecule has 1 N–H and O–H groups in total. The van der Waals surface area contributed by atoms with Crippen LogP contribution in [0.1, 0.15) is 16.1 Å². The molecule has 1 aliphatic rings. The number of benzene rings is 1. The highest BCUT2D eigenvalue weighted by Crippen LogP contribution is 2.39. The molecule has 0 fully saturated rings. The maximum atomic E-state index is 12.1. The van der Waals surface area contributed by atoms with E-state index in [9.17, 15) is 4.79 Å². The fourth-order valence-corrected chi connectivity index (χ4v) is 3.84. The van der Waals surface area contributed by atoms with Crippen LogP contribution < -0.4 is 10.1 Å². The summed E-state index contributed by atoms with van der Waals surface area (Å²) < 4.78 is 5.93. The van der Waals surface area contributed by atoms with Gasteiger partial charge in [-0.05, 0) is 52.2 Å². The van der Waals surface area contributed by atoms with Gasteiger partial charge in [-0.3, -0.25) is 9.78 Å². The number of thiophene rings is 1. The molecule has 2 aromatic heterocycles. The number of pyridine rings is 1. The number of halogens is 1. The largest absolute Gasteiger partial charge is 0.486 e. The molecule has 1 amide bonds. The predicted octanol–water partition coefficient (Wildman–Crippen LogP) is 4.20. The van der Waals surface area contributed by atoms with Crippen LogP contribution in [0.3, 0.4) is 0 Å². The second-order valence-electron chi connectivity index (χ2n) is 5.83. The average Bonchev–Trinajstić information content (AvgIpc) is 3.30. The van der Waals surface area contributed by atoms with E-state index >= 15 is 0 Å².